The number of carbonyl (C=O) groups excluding carboxylic acids is 1. The maximum Gasteiger partial charge on any atom is 0.267 e. The molecule has 2 aromatic rings. The summed E-state index contributed by atoms with van der Waals surface area (Å²) in [6.07, 6.45) is 13.0. The molecule has 0 radical (unpaired) electrons. The molecule has 0 aliphatic heterocycles. The molecule has 1 unspecified atom stereocenters. The average Bonchev–Trinajstić information content (AvgIpc) is 3.17. The van der Waals surface area contributed by atoms with Crippen molar-refractivity contribution in [2.24, 2.45) is 7.05 Å². The molecule has 0 aromatic carbocycles. The van der Waals surface area contributed by atoms with E-state index in [0.717, 1.165) is 29.6 Å². The molecule has 1 aliphatic carbocycles. The van der Waals surface area contributed by atoms with E-state index in [-0.39, 0.29) is 6.04 Å². The predicted octanol–water partition coefficient (Wildman–Crippen LogP) is -0.315. The van der Waals surface area contributed by atoms with E-state index < -0.39 is 5.91 Å². The number of amides is 1. The van der Waals surface area contributed by atoms with Crippen LogP contribution in [0.5, 0.6) is 0 Å². The van der Waals surface area contributed by atoms with E-state index >= 15 is 0 Å². The molecular formula is C17H20N5O2+. The van der Waals surface area contributed by atoms with Crippen LogP contribution < -0.4 is 20.7 Å². The zero-order valence-corrected chi connectivity index (χ0v) is 13.4. The summed E-state index contributed by atoms with van der Waals surface area (Å²) in [7, 11) is 1.79. The minimum Gasteiger partial charge on any atom is -0.355 e. The molecule has 3 N–H and O–H groups in total. The van der Waals surface area contributed by atoms with Gasteiger partial charge in [0.05, 0.1) is 10.9 Å². The van der Waals surface area contributed by atoms with Crippen LogP contribution in [0.1, 0.15) is 30.3 Å². The summed E-state index contributed by atoms with van der Waals surface area (Å²) in [5.74, 6) is -0.592. The van der Waals surface area contributed by atoms with Crippen molar-refractivity contribution in [1.82, 2.24) is 20.4 Å². The standard InChI is InChI=1S/C17H19N5O2/c1-3-16(15-10-12-6-4-5-7-14(12)18-15)22-11-13(21(2)20-22)8-9-17(23)19-24/h3,6-11,16,18H,1,4-5H2,2H3,(H-,19,20,23,24)/p+1. The first-order valence-electron chi connectivity index (χ1n) is 7.72. The molecule has 0 fully saturated rings. The van der Waals surface area contributed by atoms with Crippen molar-refractivity contribution in [3.63, 3.8) is 0 Å². The molecule has 0 bridgehead atoms. The highest BCUT2D eigenvalue weighted by Gasteiger charge is 2.21. The molecular weight excluding hydrogens is 306 g/mol. The summed E-state index contributed by atoms with van der Waals surface area (Å²) in [4.78, 5) is 14.5. The van der Waals surface area contributed by atoms with Crippen molar-refractivity contribution in [1.29, 1.82) is 0 Å². The number of hydroxylamine groups is 1. The van der Waals surface area contributed by atoms with Crippen molar-refractivity contribution < 1.29 is 14.7 Å². The van der Waals surface area contributed by atoms with Gasteiger partial charge in [0.15, 0.2) is 17.9 Å². The summed E-state index contributed by atoms with van der Waals surface area (Å²) in [5.41, 5.74) is 3.29. The van der Waals surface area contributed by atoms with Gasteiger partial charge in [0.2, 0.25) is 0 Å². The molecule has 1 aliphatic rings. The van der Waals surface area contributed by atoms with Crippen LogP contribution in [0.3, 0.4) is 0 Å². The Bertz CT molecular complexity index is 886. The number of aromatic amines is 1. The van der Waals surface area contributed by atoms with E-state index in [1.54, 1.807) is 28.0 Å². The van der Waals surface area contributed by atoms with E-state index in [0.29, 0.717) is 0 Å². The van der Waals surface area contributed by atoms with Crippen LogP contribution >= 0.6 is 0 Å². The summed E-state index contributed by atoms with van der Waals surface area (Å²) < 4.78 is 3.43. The van der Waals surface area contributed by atoms with Crippen LogP contribution in [0.2, 0.25) is 0 Å². The number of hydrogen-bond acceptors (Lipinski definition) is 3. The molecule has 24 heavy (non-hydrogen) atoms. The number of aryl methyl sites for hydroxylation is 1. The van der Waals surface area contributed by atoms with Gasteiger partial charge in [-0.3, -0.25) is 10.0 Å². The fourth-order valence-electron chi connectivity index (χ4n) is 2.79. The Morgan fingerprint density at radius 3 is 3.04 bits per heavy atom. The quantitative estimate of drug-likeness (QED) is 0.231. The second-order valence-electron chi connectivity index (χ2n) is 5.62. The third-order valence-corrected chi connectivity index (χ3v) is 4.00. The summed E-state index contributed by atoms with van der Waals surface area (Å²) in [5, 5.41) is 15.3. The zero-order valence-electron chi connectivity index (χ0n) is 13.4. The molecule has 2 aromatic heterocycles. The fraction of sp³-hybridized carbons (Fsp3) is 0.235. The lowest BCUT2D eigenvalue weighted by Crippen LogP contribution is -2.41. The molecule has 124 valence electrons. The highest BCUT2D eigenvalue weighted by molar-refractivity contribution is 5.90. The maximum atomic E-state index is 11.1. The molecule has 0 saturated heterocycles. The van der Waals surface area contributed by atoms with E-state index in [4.69, 9.17) is 5.21 Å². The first-order chi connectivity index (χ1) is 11.6. The number of nitrogens with one attached hydrogen (secondary N) is 2. The Kier molecular flexibility index (Phi) is 4.43. The highest BCUT2D eigenvalue weighted by Crippen LogP contribution is 2.09. The maximum absolute atomic E-state index is 11.1. The van der Waals surface area contributed by atoms with Crippen LogP contribution in [-0.4, -0.2) is 26.0 Å². The van der Waals surface area contributed by atoms with Crippen LogP contribution in [0.15, 0.2) is 31.0 Å². The summed E-state index contributed by atoms with van der Waals surface area (Å²) >= 11 is 0. The average molecular weight is 326 g/mol. The fourth-order valence-corrected chi connectivity index (χ4v) is 2.79. The van der Waals surface area contributed by atoms with Gasteiger partial charge in [-0.15, -0.1) is 9.36 Å². The number of hydrogen-bond donors (Lipinski definition) is 3. The lowest BCUT2D eigenvalue weighted by molar-refractivity contribution is -0.761. The number of H-pyrrole nitrogens is 1. The van der Waals surface area contributed by atoms with Crippen molar-refractivity contribution in [2.75, 3.05) is 0 Å². The summed E-state index contributed by atoms with van der Waals surface area (Å²) in [6, 6.07) is 1.98. The Morgan fingerprint density at radius 1 is 1.54 bits per heavy atom. The van der Waals surface area contributed by atoms with Crippen molar-refractivity contribution >= 4 is 24.1 Å². The molecule has 3 rings (SSSR count). The molecule has 7 heteroatoms. The normalized spacial score (nSPS) is 14.6. The predicted molar refractivity (Wildman–Crippen MR) is 88.9 cm³/mol. The van der Waals surface area contributed by atoms with E-state index in [1.807, 2.05) is 12.3 Å². The van der Waals surface area contributed by atoms with Crippen LogP contribution in [0.25, 0.3) is 18.2 Å². The van der Waals surface area contributed by atoms with Gasteiger partial charge in [-0.25, -0.2) is 5.48 Å². The second kappa shape index (κ2) is 6.67. The SMILES string of the molecule is C=CC(c1cc2c([nH]1)=CCCC=2)[n+]1cc(C=CC(=O)NO)n(C)n1. The van der Waals surface area contributed by atoms with Crippen molar-refractivity contribution in [3.8, 4) is 0 Å². The van der Waals surface area contributed by atoms with Gasteiger partial charge in [0.25, 0.3) is 5.91 Å². The molecule has 7 nitrogen and oxygen atoms in total. The number of rotatable bonds is 5. The minimum absolute atomic E-state index is 0.141. The third kappa shape index (κ3) is 3.07. The first-order valence-corrected chi connectivity index (χ1v) is 7.72. The van der Waals surface area contributed by atoms with Crippen molar-refractivity contribution in [2.45, 2.75) is 18.9 Å². The van der Waals surface area contributed by atoms with Gasteiger partial charge < -0.3 is 4.98 Å². The molecule has 0 saturated carbocycles. The Labute approximate surface area is 138 Å². The zero-order chi connectivity index (χ0) is 17.1. The number of carbonyl (C=O) groups is 1. The number of fused-ring (bicyclic) bond motifs is 1. The monoisotopic (exact) mass is 326 g/mol. The largest absolute Gasteiger partial charge is 0.355 e. The van der Waals surface area contributed by atoms with Crippen LogP contribution in [0, 0.1) is 0 Å². The van der Waals surface area contributed by atoms with Crippen molar-refractivity contribution in [3.05, 3.63) is 52.9 Å². The molecule has 2 heterocycles. The van der Waals surface area contributed by atoms with Gasteiger partial charge in [-0.2, -0.15) is 0 Å². The van der Waals surface area contributed by atoms with E-state index in [1.165, 1.54) is 11.3 Å². The Hall–Kier alpha value is -2.93. The van der Waals surface area contributed by atoms with Crippen LogP contribution in [0.4, 0.5) is 0 Å². The van der Waals surface area contributed by atoms with Gasteiger partial charge in [0, 0.05) is 11.4 Å². The van der Waals surface area contributed by atoms with Gasteiger partial charge in [-0.1, -0.05) is 18.7 Å². The van der Waals surface area contributed by atoms with Crippen LogP contribution in [-0.2, 0) is 11.8 Å². The molecule has 0 spiro atoms. The lowest BCUT2D eigenvalue weighted by atomic mass is 10.1. The Balaban J connectivity index is 1.95. The second-order valence-corrected chi connectivity index (χ2v) is 5.62. The topological polar surface area (TPSA) is 86.8 Å². The number of nitrogens with zero attached hydrogens (tertiary/aromatic N) is 3. The highest BCUT2D eigenvalue weighted by atomic mass is 16.5. The Morgan fingerprint density at radius 2 is 2.33 bits per heavy atom. The number of aromatic nitrogens is 4. The van der Waals surface area contributed by atoms with Gasteiger partial charge in [-0.05, 0) is 36.3 Å². The van der Waals surface area contributed by atoms with Gasteiger partial charge in [0.1, 0.15) is 7.05 Å². The first kappa shape index (κ1) is 15.9. The smallest absolute Gasteiger partial charge is 0.267 e. The molecule has 1 amide bonds. The van der Waals surface area contributed by atoms with E-state index in [9.17, 15) is 4.79 Å². The number of allylic oxidation sites excluding steroid dienone is 1. The van der Waals surface area contributed by atoms with Gasteiger partial charge >= 0.3 is 0 Å². The third-order valence-electron chi connectivity index (χ3n) is 4.00. The molecule has 1 atom stereocenters. The minimum atomic E-state index is -0.592. The summed E-state index contributed by atoms with van der Waals surface area (Å²) in [6.45, 7) is 3.92. The lowest BCUT2D eigenvalue weighted by Gasteiger charge is -2.03. The van der Waals surface area contributed by atoms with E-state index in [2.05, 4.69) is 35.0 Å².